The van der Waals surface area contributed by atoms with Crippen molar-refractivity contribution in [1.82, 2.24) is 15.1 Å². The number of urea groups is 1. The zero-order valence-electron chi connectivity index (χ0n) is 13.2. The van der Waals surface area contributed by atoms with Gasteiger partial charge in [-0.2, -0.15) is 0 Å². The van der Waals surface area contributed by atoms with Crippen molar-refractivity contribution in [1.29, 1.82) is 0 Å². The van der Waals surface area contributed by atoms with Gasteiger partial charge in [0.25, 0.3) is 0 Å². The summed E-state index contributed by atoms with van der Waals surface area (Å²) in [5.41, 5.74) is 0. The van der Waals surface area contributed by atoms with E-state index < -0.39 is 0 Å². The molecule has 0 bridgehead atoms. The van der Waals surface area contributed by atoms with E-state index in [2.05, 4.69) is 24.1 Å². The lowest BCUT2D eigenvalue weighted by Gasteiger charge is -2.35. The van der Waals surface area contributed by atoms with Gasteiger partial charge in [-0.25, -0.2) is 4.79 Å². The van der Waals surface area contributed by atoms with Gasteiger partial charge in [0.2, 0.25) is 0 Å². The maximum atomic E-state index is 12.2. The number of carbonyl (C=O) groups excluding carboxylic acids is 1. The lowest BCUT2D eigenvalue weighted by molar-refractivity contribution is 0.142. The van der Waals surface area contributed by atoms with Crippen molar-refractivity contribution in [3.8, 4) is 0 Å². The number of nitrogens with zero attached hydrogens (tertiary/aromatic N) is 2. The second-order valence-corrected chi connectivity index (χ2v) is 6.65. The highest BCUT2D eigenvalue weighted by molar-refractivity contribution is 5.74. The molecule has 4 heteroatoms. The smallest absolute Gasteiger partial charge is 0.317 e. The van der Waals surface area contributed by atoms with Gasteiger partial charge in [-0.1, -0.05) is 19.8 Å². The minimum absolute atomic E-state index is 0.143. The molecule has 1 unspecified atom stereocenters. The largest absolute Gasteiger partial charge is 0.336 e. The van der Waals surface area contributed by atoms with Crippen molar-refractivity contribution in [3.63, 3.8) is 0 Å². The fraction of sp³-hybridized carbons (Fsp3) is 0.938. The molecule has 0 spiro atoms. The van der Waals surface area contributed by atoms with Crippen LogP contribution in [-0.4, -0.2) is 54.6 Å². The van der Waals surface area contributed by atoms with Gasteiger partial charge in [-0.15, -0.1) is 0 Å². The average molecular weight is 281 g/mol. The molecule has 1 atom stereocenters. The van der Waals surface area contributed by atoms with Crippen LogP contribution in [0.15, 0.2) is 0 Å². The van der Waals surface area contributed by atoms with Crippen LogP contribution < -0.4 is 5.32 Å². The maximum absolute atomic E-state index is 12.2. The first-order valence-electron chi connectivity index (χ1n) is 8.43. The molecule has 4 nitrogen and oxygen atoms in total. The molecule has 1 N–H and O–H groups in total. The molecule has 20 heavy (non-hydrogen) atoms. The molecule has 2 aliphatic rings. The molecule has 2 amide bonds. The molecular formula is C16H31N3O. The number of rotatable bonds is 3. The molecule has 0 aromatic carbocycles. The van der Waals surface area contributed by atoms with E-state index in [1.807, 2.05) is 4.90 Å². The number of nitrogens with one attached hydrogen (secondary N) is 1. The van der Waals surface area contributed by atoms with Crippen LogP contribution in [0, 0.1) is 5.92 Å². The van der Waals surface area contributed by atoms with Crippen molar-refractivity contribution < 1.29 is 4.79 Å². The monoisotopic (exact) mass is 281 g/mol. The second-order valence-electron chi connectivity index (χ2n) is 6.65. The number of hydrogen-bond acceptors (Lipinski definition) is 2. The third kappa shape index (κ3) is 4.65. The van der Waals surface area contributed by atoms with E-state index in [9.17, 15) is 4.79 Å². The summed E-state index contributed by atoms with van der Waals surface area (Å²) in [4.78, 5) is 16.7. The first kappa shape index (κ1) is 15.6. The van der Waals surface area contributed by atoms with Crippen LogP contribution in [0.2, 0.25) is 0 Å². The zero-order chi connectivity index (χ0) is 14.4. The Hall–Kier alpha value is -0.770. The summed E-state index contributed by atoms with van der Waals surface area (Å²) in [6, 6.07) is 0.600. The fourth-order valence-corrected chi connectivity index (χ4v) is 3.22. The van der Waals surface area contributed by atoms with E-state index in [0.717, 1.165) is 38.4 Å². The van der Waals surface area contributed by atoms with E-state index in [0.29, 0.717) is 6.04 Å². The highest BCUT2D eigenvalue weighted by Crippen LogP contribution is 2.17. The Bertz CT molecular complexity index is 292. The van der Waals surface area contributed by atoms with Gasteiger partial charge in [0.1, 0.15) is 0 Å². The fourth-order valence-electron chi connectivity index (χ4n) is 3.22. The van der Waals surface area contributed by atoms with Crippen LogP contribution >= 0.6 is 0 Å². The minimum atomic E-state index is 0.143. The SMILES string of the molecule is CC1CCN(C(C)CNC(=O)N2CCCCCC2)CC1. The summed E-state index contributed by atoms with van der Waals surface area (Å²) in [7, 11) is 0. The molecule has 2 rings (SSSR count). The standard InChI is InChI=1S/C16H31N3O/c1-14-7-11-18(12-8-14)15(2)13-17-16(20)19-9-5-3-4-6-10-19/h14-15H,3-13H2,1-2H3,(H,17,20). The molecule has 0 aliphatic carbocycles. The Morgan fingerprint density at radius 2 is 1.70 bits per heavy atom. The minimum Gasteiger partial charge on any atom is -0.336 e. The van der Waals surface area contributed by atoms with E-state index >= 15 is 0 Å². The molecule has 2 aliphatic heterocycles. The van der Waals surface area contributed by atoms with Crippen LogP contribution in [0.4, 0.5) is 4.79 Å². The summed E-state index contributed by atoms with van der Waals surface area (Å²) in [6.45, 7) is 9.58. The molecule has 0 saturated carbocycles. The van der Waals surface area contributed by atoms with E-state index in [1.54, 1.807) is 0 Å². The summed E-state index contributed by atoms with van der Waals surface area (Å²) in [5.74, 6) is 0.866. The van der Waals surface area contributed by atoms with Crippen molar-refractivity contribution >= 4 is 6.03 Å². The quantitative estimate of drug-likeness (QED) is 0.863. The molecule has 116 valence electrons. The van der Waals surface area contributed by atoms with E-state index in [1.165, 1.54) is 38.8 Å². The Morgan fingerprint density at radius 3 is 2.30 bits per heavy atom. The maximum Gasteiger partial charge on any atom is 0.317 e. The lowest BCUT2D eigenvalue weighted by Crippen LogP contribution is -2.48. The van der Waals surface area contributed by atoms with Crippen molar-refractivity contribution in [2.24, 2.45) is 5.92 Å². The van der Waals surface area contributed by atoms with Gasteiger partial charge in [0, 0.05) is 25.7 Å². The van der Waals surface area contributed by atoms with Crippen molar-refractivity contribution in [3.05, 3.63) is 0 Å². The predicted octanol–water partition coefficient (Wildman–Crippen LogP) is 2.69. The van der Waals surface area contributed by atoms with Crippen LogP contribution in [0.3, 0.4) is 0 Å². The third-order valence-corrected chi connectivity index (χ3v) is 4.88. The number of likely N-dealkylation sites (tertiary alicyclic amines) is 2. The van der Waals surface area contributed by atoms with E-state index in [4.69, 9.17) is 0 Å². The van der Waals surface area contributed by atoms with Crippen LogP contribution in [0.1, 0.15) is 52.4 Å². The molecule has 0 aromatic heterocycles. The third-order valence-electron chi connectivity index (χ3n) is 4.88. The predicted molar refractivity (Wildman–Crippen MR) is 82.9 cm³/mol. The Kier molecular flexibility index (Phi) is 6.14. The summed E-state index contributed by atoms with van der Waals surface area (Å²) in [6.07, 6.45) is 7.45. The molecular weight excluding hydrogens is 250 g/mol. The Morgan fingerprint density at radius 1 is 1.10 bits per heavy atom. The van der Waals surface area contributed by atoms with Crippen molar-refractivity contribution in [2.75, 3.05) is 32.7 Å². The van der Waals surface area contributed by atoms with E-state index in [-0.39, 0.29) is 6.03 Å². The zero-order valence-corrected chi connectivity index (χ0v) is 13.2. The second kappa shape index (κ2) is 7.87. The van der Waals surface area contributed by atoms with Gasteiger partial charge in [-0.3, -0.25) is 4.90 Å². The Labute approximate surface area is 123 Å². The van der Waals surface area contributed by atoms with Gasteiger partial charge in [-0.05, 0) is 51.6 Å². The number of amides is 2. The summed E-state index contributed by atoms with van der Waals surface area (Å²) >= 11 is 0. The topological polar surface area (TPSA) is 35.6 Å². The van der Waals surface area contributed by atoms with Crippen LogP contribution in [0.25, 0.3) is 0 Å². The molecule has 0 radical (unpaired) electrons. The first-order valence-corrected chi connectivity index (χ1v) is 8.43. The average Bonchev–Trinajstić information content (AvgIpc) is 2.74. The molecule has 2 saturated heterocycles. The molecule has 2 fully saturated rings. The number of carbonyl (C=O) groups is 1. The summed E-state index contributed by atoms with van der Waals surface area (Å²) < 4.78 is 0. The van der Waals surface area contributed by atoms with Gasteiger partial charge in [0.05, 0.1) is 0 Å². The Balaban J connectivity index is 1.69. The normalized spacial score (nSPS) is 24.2. The van der Waals surface area contributed by atoms with Crippen LogP contribution in [0.5, 0.6) is 0 Å². The summed E-state index contributed by atoms with van der Waals surface area (Å²) in [5, 5.41) is 3.13. The van der Waals surface area contributed by atoms with Gasteiger partial charge in [0.15, 0.2) is 0 Å². The van der Waals surface area contributed by atoms with Crippen molar-refractivity contribution in [2.45, 2.75) is 58.4 Å². The first-order chi connectivity index (χ1) is 9.66. The molecule has 2 heterocycles. The highest BCUT2D eigenvalue weighted by Gasteiger charge is 2.21. The number of piperidine rings is 1. The molecule has 0 aromatic rings. The van der Waals surface area contributed by atoms with Gasteiger partial charge < -0.3 is 10.2 Å². The van der Waals surface area contributed by atoms with Crippen LogP contribution in [-0.2, 0) is 0 Å². The highest BCUT2D eigenvalue weighted by atomic mass is 16.2. The van der Waals surface area contributed by atoms with Gasteiger partial charge >= 0.3 is 6.03 Å². The lowest BCUT2D eigenvalue weighted by atomic mass is 9.98. The number of hydrogen-bond donors (Lipinski definition) is 1.